The molecule has 0 radical (unpaired) electrons. The molecule has 0 unspecified atom stereocenters. The van der Waals surface area contributed by atoms with Crippen LogP contribution in [0.5, 0.6) is 0 Å². The minimum atomic E-state index is -4.56. The molecule has 0 aliphatic carbocycles. The summed E-state index contributed by atoms with van der Waals surface area (Å²) in [6, 6.07) is 0.402. The quantitative estimate of drug-likeness (QED) is 0.693. The van der Waals surface area contributed by atoms with Crippen LogP contribution < -0.4 is 5.32 Å². The molecule has 6 heteroatoms. The van der Waals surface area contributed by atoms with Gasteiger partial charge in [0.05, 0.1) is 5.56 Å². The van der Waals surface area contributed by atoms with E-state index in [1.165, 1.54) is 7.05 Å². The number of rotatable bonds is 1. The summed E-state index contributed by atoms with van der Waals surface area (Å²) in [4.78, 5) is 3.26. The van der Waals surface area contributed by atoms with Gasteiger partial charge >= 0.3 is 6.18 Å². The molecule has 1 aromatic heterocycles. The Morgan fingerprint density at radius 1 is 1.38 bits per heavy atom. The Balaban J connectivity index is 3.10. The monoisotopic (exact) mass is 194 g/mol. The van der Waals surface area contributed by atoms with Crippen molar-refractivity contribution in [1.82, 2.24) is 4.98 Å². The molecule has 0 aliphatic heterocycles. The lowest BCUT2D eigenvalue weighted by Gasteiger charge is -2.07. The van der Waals surface area contributed by atoms with E-state index in [2.05, 4.69) is 10.3 Å². The Kier molecular flexibility index (Phi) is 2.40. The van der Waals surface area contributed by atoms with Crippen molar-refractivity contribution in [2.45, 2.75) is 6.18 Å². The summed E-state index contributed by atoms with van der Waals surface area (Å²) in [5.74, 6) is -1.22. The third kappa shape index (κ3) is 2.07. The lowest BCUT2D eigenvalue weighted by molar-refractivity contribution is -0.138. The Labute approximate surface area is 71.6 Å². The molecule has 1 rings (SSSR count). The van der Waals surface area contributed by atoms with Crippen molar-refractivity contribution in [3.8, 4) is 0 Å². The predicted molar refractivity (Wildman–Crippen MR) is 38.7 cm³/mol. The van der Waals surface area contributed by atoms with Crippen LogP contribution in [0, 0.1) is 5.82 Å². The molecule has 0 spiro atoms. The van der Waals surface area contributed by atoms with Crippen molar-refractivity contribution >= 4 is 5.82 Å². The fourth-order valence-corrected chi connectivity index (χ4v) is 0.777. The summed E-state index contributed by atoms with van der Waals surface area (Å²) in [5.41, 5.74) is -1.09. The van der Waals surface area contributed by atoms with Gasteiger partial charge in [0.2, 0.25) is 0 Å². The zero-order valence-electron chi connectivity index (χ0n) is 6.61. The largest absolute Gasteiger partial charge is 0.417 e. The highest BCUT2D eigenvalue weighted by atomic mass is 19.4. The second-order valence-corrected chi connectivity index (χ2v) is 2.30. The van der Waals surface area contributed by atoms with Crippen molar-refractivity contribution in [3.63, 3.8) is 0 Å². The van der Waals surface area contributed by atoms with E-state index in [1.54, 1.807) is 0 Å². The zero-order valence-corrected chi connectivity index (χ0v) is 6.61. The number of nitrogens with one attached hydrogen (secondary N) is 1. The van der Waals surface area contributed by atoms with Gasteiger partial charge in [-0.3, -0.25) is 0 Å². The lowest BCUT2D eigenvalue weighted by Crippen LogP contribution is -2.07. The summed E-state index contributed by atoms with van der Waals surface area (Å²) >= 11 is 0. The van der Waals surface area contributed by atoms with E-state index < -0.39 is 17.6 Å². The van der Waals surface area contributed by atoms with Crippen LogP contribution >= 0.6 is 0 Å². The van der Waals surface area contributed by atoms with Gasteiger partial charge in [-0.2, -0.15) is 13.2 Å². The molecule has 1 heterocycles. The number of hydrogen-bond acceptors (Lipinski definition) is 2. The van der Waals surface area contributed by atoms with Gasteiger partial charge in [-0.1, -0.05) is 0 Å². The number of halogens is 4. The fraction of sp³-hybridized carbons (Fsp3) is 0.286. The molecule has 72 valence electrons. The van der Waals surface area contributed by atoms with Crippen LogP contribution in [0.15, 0.2) is 12.3 Å². The van der Waals surface area contributed by atoms with Crippen LogP contribution in [0.2, 0.25) is 0 Å². The van der Waals surface area contributed by atoms with Crippen molar-refractivity contribution in [3.05, 3.63) is 23.6 Å². The third-order valence-electron chi connectivity index (χ3n) is 1.41. The molecule has 1 aromatic rings. The third-order valence-corrected chi connectivity index (χ3v) is 1.41. The maximum atomic E-state index is 12.8. The summed E-state index contributed by atoms with van der Waals surface area (Å²) in [6.45, 7) is 0. The summed E-state index contributed by atoms with van der Waals surface area (Å²) in [6.07, 6.45) is -3.98. The summed E-state index contributed by atoms with van der Waals surface area (Å²) < 4.78 is 48.7. The second kappa shape index (κ2) is 3.20. The van der Waals surface area contributed by atoms with E-state index in [1.807, 2.05) is 0 Å². The van der Waals surface area contributed by atoms with Crippen LogP contribution in [-0.4, -0.2) is 12.0 Å². The SMILES string of the molecule is CNc1ncc(C(F)(F)F)cc1F. The van der Waals surface area contributed by atoms with E-state index in [0.29, 0.717) is 12.3 Å². The standard InChI is InChI=1S/C7H6F4N2/c1-12-6-5(8)2-4(3-13-6)7(9,10)11/h2-3H,1H3,(H,12,13). The van der Waals surface area contributed by atoms with Gasteiger partial charge in [0.1, 0.15) is 0 Å². The average molecular weight is 194 g/mol. The Morgan fingerprint density at radius 3 is 2.38 bits per heavy atom. The lowest BCUT2D eigenvalue weighted by atomic mass is 10.2. The molecular weight excluding hydrogens is 188 g/mol. The molecule has 0 saturated carbocycles. The first-order valence-corrected chi connectivity index (χ1v) is 3.35. The van der Waals surface area contributed by atoms with Crippen molar-refractivity contribution in [1.29, 1.82) is 0 Å². The number of pyridine rings is 1. The van der Waals surface area contributed by atoms with Crippen LogP contribution in [0.4, 0.5) is 23.4 Å². The molecule has 0 fully saturated rings. The van der Waals surface area contributed by atoms with Crippen LogP contribution in [-0.2, 0) is 6.18 Å². The first-order valence-electron chi connectivity index (χ1n) is 3.35. The maximum Gasteiger partial charge on any atom is 0.417 e. The van der Waals surface area contributed by atoms with E-state index in [4.69, 9.17) is 0 Å². The fourth-order valence-electron chi connectivity index (χ4n) is 0.777. The maximum absolute atomic E-state index is 12.8. The van der Waals surface area contributed by atoms with Gasteiger partial charge in [0, 0.05) is 13.2 Å². The minimum Gasteiger partial charge on any atom is -0.371 e. The van der Waals surface area contributed by atoms with E-state index in [-0.39, 0.29) is 5.82 Å². The van der Waals surface area contributed by atoms with Crippen molar-refractivity contribution in [2.75, 3.05) is 12.4 Å². The normalized spacial score (nSPS) is 11.5. The van der Waals surface area contributed by atoms with Crippen molar-refractivity contribution in [2.24, 2.45) is 0 Å². The van der Waals surface area contributed by atoms with Gasteiger partial charge in [-0.05, 0) is 6.07 Å². The van der Waals surface area contributed by atoms with Crippen LogP contribution in [0.1, 0.15) is 5.56 Å². The Morgan fingerprint density at radius 2 is 2.00 bits per heavy atom. The molecular formula is C7H6F4N2. The number of anilines is 1. The Bertz CT molecular complexity index is 308. The molecule has 0 bridgehead atoms. The molecule has 0 atom stereocenters. The summed E-state index contributed by atoms with van der Waals surface area (Å²) in [5, 5.41) is 2.32. The zero-order chi connectivity index (χ0) is 10.1. The Hall–Kier alpha value is -1.33. The highest BCUT2D eigenvalue weighted by Gasteiger charge is 2.31. The first kappa shape index (κ1) is 9.76. The molecule has 0 saturated heterocycles. The van der Waals surface area contributed by atoms with E-state index in [0.717, 1.165) is 0 Å². The molecule has 0 aromatic carbocycles. The second-order valence-electron chi connectivity index (χ2n) is 2.30. The smallest absolute Gasteiger partial charge is 0.371 e. The minimum absolute atomic E-state index is 0.201. The van der Waals surface area contributed by atoms with Crippen molar-refractivity contribution < 1.29 is 17.6 Å². The molecule has 0 amide bonds. The van der Waals surface area contributed by atoms with Crippen LogP contribution in [0.25, 0.3) is 0 Å². The number of aromatic nitrogens is 1. The van der Waals surface area contributed by atoms with E-state index >= 15 is 0 Å². The molecule has 0 aliphatic rings. The van der Waals surface area contributed by atoms with Gasteiger partial charge in [0.15, 0.2) is 11.6 Å². The van der Waals surface area contributed by atoms with E-state index in [9.17, 15) is 17.6 Å². The first-order chi connectivity index (χ1) is 5.95. The average Bonchev–Trinajstić information content (AvgIpc) is 2.02. The number of nitrogens with zero attached hydrogens (tertiary/aromatic N) is 1. The highest BCUT2D eigenvalue weighted by molar-refractivity contribution is 5.37. The number of alkyl halides is 3. The number of hydrogen-bond donors (Lipinski definition) is 1. The molecule has 13 heavy (non-hydrogen) atoms. The molecule has 2 nitrogen and oxygen atoms in total. The summed E-state index contributed by atoms with van der Waals surface area (Å²) in [7, 11) is 1.37. The van der Waals surface area contributed by atoms with Gasteiger partial charge < -0.3 is 5.32 Å². The van der Waals surface area contributed by atoms with Gasteiger partial charge in [-0.15, -0.1) is 0 Å². The van der Waals surface area contributed by atoms with Gasteiger partial charge in [-0.25, -0.2) is 9.37 Å². The topological polar surface area (TPSA) is 24.9 Å². The van der Waals surface area contributed by atoms with Gasteiger partial charge in [0.25, 0.3) is 0 Å². The van der Waals surface area contributed by atoms with Crippen LogP contribution in [0.3, 0.4) is 0 Å². The molecule has 1 N–H and O–H groups in total. The predicted octanol–water partition coefficient (Wildman–Crippen LogP) is 2.28. The highest BCUT2D eigenvalue weighted by Crippen LogP contribution is 2.29.